The van der Waals surface area contributed by atoms with Gasteiger partial charge in [-0.2, -0.15) is 0 Å². The number of carboxylic acid groups (broad SMARTS) is 2. The van der Waals surface area contributed by atoms with Gasteiger partial charge in [-0.3, -0.25) is 19.2 Å². The van der Waals surface area contributed by atoms with E-state index in [1.54, 1.807) is 30.5 Å². The van der Waals surface area contributed by atoms with E-state index in [1.807, 2.05) is 5.32 Å². The van der Waals surface area contributed by atoms with Gasteiger partial charge in [0.1, 0.15) is 24.2 Å². The first-order valence-electron chi connectivity index (χ1n) is 10.4. The van der Waals surface area contributed by atoms with Crippen LogP contribution in [-0.4, -0.2) is 92.5 Å². The average Bonchev–Trinajstić information content (AvgIpc) is 3.23. The van der Waals surface area contributed by atoms with Crippen LogP contribution in [0.3, 0.4) is 0 Å². The Labute approximate surface area is 198 Å². The molecular weight excluding hydrogens is 466 g/mol. The van der Waals surface area contributed by atoms with Crippen molar-refractivity contribution >= 4 is 40.6 Å². The van der Waals surface area contributed by atoms with E-state index < -0.39 is 73.5 Å². The molecule has 0 bridgehead atoms. The molecule has 1 heterocycles. The predicted octanol–water partition coefficient (Wildman–Crippen LogP) is -2.96. The van der Waals surface area contributed by atoms with E-state index in [2.05, 4.69) is 15.6 Å². The molecule has 0 aliphatic carbocycles. The molecule has 0 fully saturated rings. The normalized spacial score (nSPS) is 14.4. The standard InChI is InChI=1S/C21H27N5O9/c22-12(8-27)18(31)24-14(5-10-7-23-13-4-2-1-3-11(10)13)19(32)25-15(6-17(29)30)20(33)26-16(9-28)21(34)35/h1-4,7,12,14-16,23,27-28H,5-6,8-9,22H2,(H,24,31)(H,25,32)(H,26,33)(H,29,30)(H,34,35). The third-order valence-electron chi connectivity index (χ3n) is 5.07. The molecular formula is C21H27N5O9. The maximum absolute atomic E-state index is 13.1. The third-order valence-corrected chi connectivity index (χ3v) is 5.07. The third kappa shape index (κ3) is 7.49. The summed E-state index contributed by atoms with van der Waals surface area (Å²) in [5.41, 5.74) is 6.89. The number of rotatable bonds is 13. The van der Waals surface area contributed by atoms with Crippen molar-refractivity contribution in [3.63, 3.8) is 0 Å². The van der Waals surface area contributed by atoms with Crippen molar-refractivity contribution in [2.45, 2.75) is 37.0 Å². The molecule has 1 aromatic heterocycles. The maximum atomic E-state index is 13.1. The van der Waals surface area contributed by atoms with Crippen molar-refractivity contribution in [2.24, 2.45) is 5.73 Å². The Hall–Kier alpha value is -4.01. The van der Waals surface area contributed by atoms with E-state index in [-0.39, 0.29) is 6.42 Å². The highest BCUT2D eigenvalue weighted by Crippen LogP contribution is 2.19. The van der Waals surface area contributed by atoms with Gasteiger partial charge in [0.25, 0.3) is 0 Å². The summed E-state index contributed by atoms with van der Waals surface area (Å²) >= 11 is 0. The highest BCUT2D eigenvalue weighted by molar-refractivity contribution is 5.96. The van der Waals surface area contributed by atoms with Crippen molar-refractivity contribution in [3.8, 4) is 0 Å². The molecule has 35 heavy (non-hydrogen) atoms. The fourth-order valence-corrected chi connectivity index (χ4v) is 3.21. The van der Waals surface area contributed by atoms with Gasteiger partial charge >= 0.3 is 11.9 Å². The lowest BCUT2D eigenvalue weighted by atomic mass is 10.0. The van der Waals surface area contributed by atoms with E-state index in [1.165, 1.54) is 0 Å². The summed E-state index contributed by atoms with van der Waals surface area (Å²) in [6.45, 7) is -1.66. The van der Waals surface area contributed by atoms with Crippen molar-refractivity contribution in [1.29, 1.82) is 0 Å². The quantitative estimate of drug-likeness (QED) is 0.137. The SMILES string of the molecule is NC(CO)C(=O)NC(Cc1c[nH]c2ccccc12)C(=O)NC(CC(=O)O)C(=O)NC(CO)C(=O)O. The van der Waals surface area contributed by atoms with Gasteiger partial charge in [-0.1, -0.05) is 18.2 Å². The van der Waals surface area contributed by atoms with Gasteiger partial charge in [-0.15, -0.1) is 0 Å². The largest absolute Gasteiger partial charge is 0.481 e. The average molecular weight is 493 g/mol. The zero-order valence-corrected chi connectivity index (χ0v) is 18.4. The number of carbonyl (C=O) groups is 5. The number of benzene rings is 1. The molecule has 190 valence electrons. The number of para-hydroxylation sites is 1. The van der Waals surface area contributed by atoms with Crippen LogP contribution in [0, 0.1) is 0 Å². The molecule has 2 rings (SSSR count). The minimum absolute atomic E-state index is 0.0878. The minimum Gasteiger partial charge on any atom is -0.481 e. The summed E-state index contributed by atoms with van der Waals surface area (Å²) in [6, 6.07) is 1.01. The Balaban J connectivity index is 2.29. The summed E-state index contributed by atoms with van der Waals surface area (Å²) in [5, 5.41) is 43.7. The molecule has 14 heteroatoms. The van der Waals surface area contributed by atoms with E-state index in [0.29, 0.717) is 5.56 Å². The van der Waals surface area contributed by atoms with Gasteiger partial charge in [0, 0.05) is 23.5 Å². The number of hydrogen-bond donors (Lipinski definition) is 9. The van der Waals surface area contributed by atoms with Crippen molar-refractivity contribution in [2.75, 3.05) is 13.2 Å². The van der Waals surface area contributed by atoms with Crippen LogP contribution in [0.1, 0.15) is 12.0 Å². The van der Waals surface area contributed by atoms with Gasteiger partial charge in [-0.05, 0) is 11.6 Å². The number of carboxylic acids is 2. The smallest absolute Gasteiger partial charge is 0.328 e. The van der Waals surface area contributed by atoms with E-state index >= 15 is 0 Å². The first-order valence-corrected chi connectivity index (χ1v) is 10.4. The van der Waals surface area contributed by atoms with Crippen LogP contribution >= 0.6 is 0 Å². The molecule has 10 N–H and O–H groups in total. The Morgan fingerprint density at radius 3 is 2.06 bits per heavy atom. The predicted molar refractivity (Wildman–Crippen MR) is 120 cm³/mol. The second kappa shape index (κ2) is 12.5. The number of amides is 3. The number of aliphatic hydroxyl groups is 2. The van der Waals surface area contributed by atoms with Gasteiger partial charge < -0.3 is 47.1 Å². The topological polar surface area (TPSA) is 244 Å². The summed E-state index contributed by atoms with van der Waals surface area (Å²) in [7, 11) is 0. The lowest BCUT2D eigenvalue weighted by molar-refractivity contribution is -0.144. The number of H-pyrrole nitrogens is 1. The maximum Gasteiger partial charge on any atom is 0.328 e. The molecule has 3 amide bonds. The monoisotopic (exact) mass is 493 g/mol. The lowest BCUT2D eigenvalue weighted by Crippen LogP contribution is -2.58. The summed E-state index contributed by atoms with van der Waals surface area (Å²) in [6.07, 6.45) is 0.623. The van der Waals surface area contributed by atoms with Crippen molar-refractivity contribution in [1.82, 2.24) is 20.9 Å². The van der Waals surface area contributed by atoms with Crippen LogP contribution in [0.5, 0.6) is 0 Å². The number of fused-ring (bicyclic) bond motifs is 1. The fraction of sp³-hybridized carbons (Fsp3) is 0.381. The Morgan fingerprint density at radius 2 is 1.46 bits per heavy atom. The van der Waals surface area contributed by atoms with Crippen LogP contribution in [-0.2, 0) is 30.4 Å². The summed E-state index contributed by atoms with van der Waals surface area (Å²) < 4.78 is 0. The Bertz CT molecular complexity index is 1090. The number of aliphatic carboxylic acids is 2. The number of aromatic amines is 1. The van der Waals surface area contributed by atoms with Gasteiger partial charge in [-0.25, -0.2) is 4.79 Å². The van der Waals surface area contributed by atoms with Crippen LogP contribution in [0.4, 0.5) is 0 Å². The molecule has 4 unspecified atom stereocenters. The fourth-order valence-electron chi connectivity index (χ4n) is 3.21. The summed E-state index contributed by atoms with van der Waals surface area (Å²) in [5.74, 6) is -6.01. The second-order valence-corrected chi connectivity index (χ2v) is 7.65. The lowest BCUT2D eigenvalue weighted by Gasteiger charge is -2.24. The molecule has 0 aliphatic heterocycles. The van der Waals surface area contributed by atoms with Crippen LogP contribution < -0.4 is 21.7 Å². The van der Waals surface area contributed by atoms with E-state index in [4.69, 9.17) is 26.2 Å². The number of carbonyl (C=O) groups excluding carboxylic acids is 3. The molecule has 4 atom stereocenters. The highest BCUT2D eigenvalue weighted by atomic mass is 16.4. The molecule has 0 saturated carbocycles. The van der Waals surface area contributed by atoms with Gasteiger partial charge in [0.2, 0.25) is 17.7 Å². The van der Waals surface area contributed by atoms with Gasteiger partial charge in [0.05, 0.1) is 19.6 Å². The van der Waals surface area contributed by atoms with E-state index in [0.717, 1.165) is 10.9 Å². The van der Waals surface area contributed by atoms with Crippen LogP contribution in [0.2, 0.25) is 0 Å². The molecule has 14 nitrogen and oxygen atoms in total. The number of nitrogens with two attached hydrogens (primary N) is 1. The Morgan fingerprint density at radius 1 is 0.857 bits per heavy atom. The summed E-state index contributed by atoms with van der Waals surface area (Å²) in [4.78, 5) is 63.2. The first kappa shape index (κ1) is 27.2. The minimum atomic E-state index is -1.72. The Kier molecular flexibility index (Phi) is 9.69. The van der Waals surface area contributed by atoms with Crippen molar-refractivity contribution < 1.29 is 44.4 Å². The molecule has 2 aromatic rings. The molecule has 0 saturated heterocycles. The zero-order chi connectivity index (χ0) is 26.1. The second-order valence-electron chi connectivity index (χ2n) is 7.65. The van der Waals surface area contributed by atoms with Gasteiger partial charge in [0.15, 0.2) is 0 Å². The highest BCUT2D eigenvalue weighted by Gasteiger charge is 2.32. The number of aliphatic hydroxyl groups excluding tert-OH is 2. The number of nitrogens with one attached hydrogen (secondary N) is 4. The van der Waals surface area contributed by atoms with Crippen molar-refractivity contribution in [3.05, 3.63) is 36.0 Å². The molecule has 1 aromatic carbocycles. The first-order chi connectivity index (χ1) is 16.6. The zero-order valence-electron chi connectivity index (χ0n) is 18.4. The molecule has 0 aliphatic rings. The van der Waals surface area contributed by atoms with E-state index in [9.17, 15) is 24.0 Å². The van der Waals surface area contributed by atoms with Crippen LogP contribution in [0.15, 0.2) is 30.5 Å². The molecule has 0 spiro atoms. The number of hydrogen-bond acceptors (Lipinski definition) is 8. The van der Waals surface area contributed by atoms with Crippen LogP contribution in [0.25, 0.3) is 10.9 Å². The number of aromatic nitrogens is 1. The molecule has 0 radical (unpaired) electrons.